The zero-order chi connectivity index (χ0) is 14.8. The van der Waals surface area contributed by atoms with Gasteiger partial charge in [0.2, 0.25) is 0 Å². The number of halogens is 1. The summed E-state index contributed by atoms with van der Waals surface area (Å²) < 4.78 is 5.49. The Kier molecular flexibility index (Phi) is 11.0. The summed E-state index contributed by atoms with van der Waals surface area (Å²) in [6.45, 7) is 9.13. The lowest BCUT2D eigenvalue weighted by atomic mass is 10.2. The minimum absolute atomic E-state index is 0. The Morgan fingerprint density at radius 1 is 1.33 bits per heavy atom. The Hall–Kier alpha value is -0.370. The van der Waals surface area contributed by atoms with Crippen molar-refractivity contribution in [2.75, 3.05) is 25.9 Å². The number of hydrogen-bond donors (Lipinski definition) is 2. The SMILES string of the molecule is CCCNC(=NCC(C)(C)SC)NCCc1ccco1.I. The van der Waals surface area contributed by atoms with Crippen molar-refractivity contribution in [1.29, 1.82) is 0 Å². The molecular weight excluding hydrogens is 397 g/mol. The van der Waals surface area contributed by atoms with Crippen LogP contribution < -0.4 is 10.6 Å². The van der Waals surface area contributed by atoms with Crippen LogP contribution in [0, 0.1) is 0 Å². The smallest absolute Gasteiger partial charge is 0.191 e. The quantitative estimate of drug-likeness (QED) is 0.380. The van der Waals surface area contributed by atoms with Crippen LogP contribution in [0.1, 0.15) is 33.0 Å². The first-order valence-electron chi connectivity index (χ1n) is 7.17. The number of nitrogens with one attached hydrogen (secondary N) is 2. The van der Waals surface area contributed by atoms with E-state index in [0.29, 0.717) is 0 Å². The Morgan fingerprint density at radius 3 is 2.62 bits per heavy atom. The third-order valence-electron chi connectivity index (χ3n) is 2.96. The van der Waals surface area contributed by atoms with Crippen LogP contribution in [0.2, 0.25) is 0 Å². The first kappa shape index (κ1) is 20.6. The van der Waals surface area contributed by atoms with Gasteiger partial charge in [0.05, 0.1) is 12.8 Å². The van der Waals surface area contributed by atoms with Gasteiger partial charge in [0.15, 0.2) is 5.96 Å². The largest absolute Gasteiger partial charge is 0.469 e. The van der Waals surface area contributed by atoms with E-state index in [1.54, 1.807) is 6.26 Å². The van der Waals surface area contributed by atoms with E-state index in [1.807, 2.05) is 23.9 Å². The summed E-state index contributed by atoms with van der Waals surface area (Å²) >= 11 is 1.84. The summed E-state index contributed by atoms with van der Waals surface area (Å²) in [6.07, 6.45) is 5.79. The zero-order valence-electron chi connectivity index (χ0n) is 13.4. The van der Waals surface area contributed by atoms with Crippen LogP contribution in [0.3, 0.4) is 0 Å². The molecule has 21 heavy (non-hydrogen) atoms. The lowest BCUT2D eigenvalue weighted by Gasteiger charge is -2.20. The lowest BCUT2D eigenvalue weighted by molar-refractivity contribution is 0.506. The van der Waals surface area contributed by atoms with Crippen molar-refractivity contribution in [3.63, 3.8) is 0 Å². The van der Waals surface area contributed by atoms with Gasteiger partial charge in [0.1, 0.15) is 5.76 Å². The Bertz CT molecular complexity index is 394. The van der Waals surface area contributed by atoms with Gasteiger partial charge in [0.25, 0.3) is 0 Å². The van der Waals surface area contributed by atoms with E-state index >= 15 is 0 Å². The van der Waals surface area contributed by atoms with Crippen molar-refractivity contribution in [2.45, 2.75) is 38.4 Å². The Labute approximate surface area is 150 Å². The number of hydrogen-bond acceptors (Lipinski definition) is 3. The van der Waals surface area contributed by atoms with Crippen LogP contribution in [0.25, 0.3) is 0 Å². The second-order valence-corrected chi connectivity index (χ2v) is 6.82. The molecule has 0 amide bonds. The fourth-order valence-corrected chi connectivity index (χ4v) is 1.70. The second kappa shape index (κ2) is 11.2. The van der Waals surface area contributed by atoms with Gasteiger partial charge in [0, 0.05) is 24.3 Å². The highest BCUT2D eigenvalue weighted by molar-refractivity contribution is 14.0. The number of guanidine groups is 1. The molecule has 1 aromatic rings. The van der Waals surface area contributed by atoms with Crippen molar-refractivity contribution in [3.8, 4) is 0 Å². The van der Waals surface area contributed by atoms with Gasteiger partial charge in [-0.25, -0.2) is 0 Å². The normalized spacial score (nSPS) is 11.9. The van der Waals surface area contributed by atoms with Crippen molar-refractivity contribution < 1.29 is 4.42 Å². The summed E-state index contributed by atoms with van der Waals surface area (Å²) in [4.78, 5) is 4.67. The monoisotopic (exact) mass is 425 g/mol. The number of rotatable bonds is 8. The van der Waals surface area contributed by atoms with Crippen molar-refractivity contribution in [3.05, 3.63) is 24.2 Å². The van der Waals surface area contributed by atoms with E-state index in [9.17, 15) is 0 Å². The first-order chi connectivity index (χ1) is 9.57. The van der Waals surface area contributed by atoms with Crippen LogP contribution in [0.15, 0.2) is 27.8 Å². The van der Waals surface area contributed by atoms with Gasteiger partial charge in [-0.15, -0.1) is 24.0 Å². The molecule has 6 heteroatoms. The molecule has 1 rings (SSSR count). The molecule has 0 aromatic carbocycles. The maximum Gasteiger partial charge on any atom is 0.191 e. The van der Waals surface area contributed by atoms with Gasteiger partial charge in [-0.05, 0) is 38.7 Å². The third-order valence-corrected chi connectivity index (χ3v) is 4.19. The van der Waals surface area contributed by atoms with E-state index in [-0.39, 0.29) is 28.7 Å². The molecule has 0 atom stereocenters. The first-order valence-corrected chi connectivity index (χ1v) is 8.39. The molecule has 0 fully saturated rings. The summed E-state index contributed by atoms with van der Waals surface area (Å²) in [7, 11) is 0. The maximum absolute atomic E-state index is 5.32. The Morgan fingerprint density at radius 2 is 2.05 bits per heavy atom. The summed E-state index contributed by atoms with van der Waals surface area (Å²) in [6, 6.07) is 3.91. The van der Waals surface area contributed by atoms with E-state index in [4.69, 9.17) is 4.42 Å². The summed E-state index contributed by atoms with van der Waals surface area (Å²) in [5.74, 6) is 1.89. The van der Waals surface area contributed by atoms with Gasteiger partial charge in [-0.2, -0.15) is 11.8 Å². The molecule has 0 aliphatic heterocycles. The van der Waals surface area contributed by atoms with Gasteiger partial charge < -0.3 is 15.1 Å². The standard InChI is InChI=1S/C15H27N3OS.HI/c1-5-9-16-14(18-12-15(2,3)20-4)17-10-8-13-7-6-11-19-13;/h6-7,11H,5,8-10,12H2,1-4H3,(H2,16,17,18);1H. The fourth-order valence-electron chi connectivity index (χ4n) is 1.51. The van der Waals surface area contributed by atoms with Crippen LogP contribution in [0.4, 0.5) is 0 Å². The van der Waals surface area contributed by atoms with Crippen molar-refractivity contribution >= 4 is 41.7 Å². The highest BCUT2D eigenvalue weighted by Crippen LogP contribution is 2.20. The molecule has 122 valence electrons. The molecule has 2 N–H and O–H groups in total. The number of nitrogens with zero attached hydrogens (tertiary/aromatic N) is 1. The van der Waals surface area contributed by atoms with Crippen LogP contribution in [0.5, 0.6) is 0 Å². The van der Waals surface area contributed by atoms with E-state index in [1.165, 1.54) is 0 Å². The molecule has 1 heterocycles. The highest BCUT2D eigenvalue weighted by Gasteiger charge is 2.15. The third kappa shape index (κ3) is 9.29. The molecule has 0 aliphatic carbocycles. The average Bonchev–Trinajstić information content (AvgIpc) is 2.94. The average molecular weight is 425 g/mol. The molecule has 0 bridgehead atoms. The van der Waals surface area contributed by atoms with Crippen LogP contribution in [-0.2, 0) is 6.42 Å². The number of thioether (sulfide) groups is 1. The lowest BCUT2D eigenvalue weighted by Crippen LogP contribution is -2.39. The molecule has 0 radical (unpaired) electrons. The second-order valence-electron chi connectivity index (χ2n) is 5.31. The van der Waals surface area contributed by atoms with Crippen LogP contribution in [-0.4, -0.2) is 36.6 Å². The molecular formula is C15H28IN3OS. The van der Waals surface area contributed by atoms with Gasteiger partial charge in [-0.3, -0.25) is 4.99 Å². The van der Waals surface area contributed by atoms with E-state index in [2.05, 4.69) is 42.7 Å². The molecule has 1 aromatic heterocycles. The van der Waals surface area contributed by atoms with Gasteiger partial charge >= 0.3 is 0 Å². The predicted octanol–water partition coefficient (Wildman–Crippen LogP) is 3.53. The number of furan rings is 1. The van der Waals surface area contributed by atoms with E-state index < -0.39 is 0 Å². The molecule has 0 unspecified atom stereocenters. The van der Waals surface area contributed by atoms with Gasteiger partial charge in [-0.1, -0.05) is 6.92 Å². The summed E-state index contributed by atoms with van der Waals surface area (Å²) in [5, 5.41) is 6.70. The highest BCUT2D eigenvalue weighted by atomic mass is 127. The fraction of sp³-hybridized carbons (Fsp3) is 0.667. The maximum atomic E-state index is 5.32. The summed E-state index contributed by atoms with van der Waals surface area (Å²) in [5.41, 5.74) is 0. The van der Waals surface area contributed by atoms with Crippen molar-refractivity contribution in [1.82, 2.24) is 10.6 Å². The minimum Gasteiger partial charge on any atom is -0.469 e. The van der Waals surface area contributed by atoms with E-state index in [0.717, 1.165) is 44.2 Å². The zero-order valence-corrected chi connectivity index (χ0v) is 16.6. The molecule has 4 nitrogen and oxygen atoms in total. The molecule has 0 saturated carbocycles. The minimum atomic E-state index is 0. The molecule has 0 saturated heterocycles. The molecule has 0 spiro atoms. The number of aliphatic imine (C=N–C) groups is 1. The Balaban J connectivity index is 0.00000400. The topological polar surface area (TPSA) is 49.6 Å². The van der Waals surface area contributed by atoms with Crippen molar-refractivity contribution in [2.24, 2.45) is 4.99 Å². The van der Waals surface area contributed by atoms with Crippen LogP contribution >= 0.6 is 35.7 Å². The molecule has 0 aliphatic rings. The predicted molar refractivity (Wildman–Crippen MR) is 104 cm³/mol.